The van der Waals surface area contributed by atoms with Gasteiger partial charge in [-0.15, -0.1) is 0 Å². The number of nitrogens with zero attached hydrogens (tertiary/aromatic N) is 2. The molecule has 1 amide bonds. The number of hydrogen-bond donors (Lipinski definition) is 1. The summed E-state index contributed by atoms with van der Waals surface area (Å²) in [6.07, 6.45) is 5.07. The highest BCUT2D eigenvalue weighted by Gasteiger charge is 2.22. The summed E-state index contributed by atoms with van der Waals surface area (Å²) in [5, 5.41) is 9.28. The molecule has 0 radical (unpaired) electrons. The summed E-state index contributed by atoms with van der Waals surface area (Å²) in [6, 6.07) is 1.47. The Labute approximate surface area is 94.9 Å². The molecular formula is C12H16N2O2. The second kappa shape index (κ2) is 4.51. The van der Waals surface area contributed by atoms with E-state index in [1.54, 1.807) is 0 Å². The van der Waals surface area contributed by atoms with Gasteiger partial charge in [-0.2, -0.15) is 0 Å². The first-order chi connectivity index (χ1) is 7.66. The number of likely N-dealkylation sites (tertiary alicyclic amines) is 1. The fourth-order valence-corrected chi connectivity index (χ4v) is 2.10. The van der Waals surface area contributed by atoms with Crippen LogP contribution in [0.1, 0.15) is 30.1 Å². The Balaban J connectivity index is 2.12. The van der Waals surface area contributed by atoms with Crippen molar-refractivity contribution in [2.75, 3.05) is 13.1 Å². The number of aromatic hydroxyl groups is 1. The Morgan fingerprint density at radius 3 is 3.06 bits per heavy atom. The molecule has 4 nitrogen and oxygen atoms in total. The monoisotopic (exact) mass is 220 g/mol. The van der Waals surface area contributed by atoms with E-state index in [1.165, 1.54) is 24.9 Å². The van der Waals surface area contributed by atoms with E-state index in [-0.39, 0.29) is 11.7 Å². The average molecular weight is 220 g/mol. The maximum atomic E-state index is 12.1. The largest absolute Gasteiger partial charge is 0.506 e. The van der Waals surface area contributed by atoms with Gasteiger partial charge in [0.2, 0.25) is 0 Å². The third kappa shape index (κ3) is 2.32. The van der Waals surface area contributed by atoms with E-state index in [0.717, 1.165) is 19.5 Å². The van der Waals surface area contributed by atoms with Crippen molar-refractivity contribution >= 4 is 5.91 Å². The molecule has 0 bridgehead atoms. The lowest BCUT2D eigenvalue weighted by Gasteiger charge is -2.30. The van der Waals surface area contributed by atoms with Crippen molar-refractivity contribution < 1.29 is 9.90 Å². The summed E-state index contributed by atoms with van der Waals surface area (Å²) in [6.45, 7) is 3.76. The van der Waals surface area contributed by atoms with Crippen molar-refractivity contribution in [3.8, 4) is 5.75 Å². The first-order valence-electron chi connectivity index (χ1n) is 5.60. The normalized spacial score (nSPS) is 20.8. The Morgan fingerprint density at radius 1 is 1.56 bits per heavy atom. The summed E-state index contributed by atoms with van der Waals surface area (Å²) in [5.41, 5.74) is 0.467. The highest BCUT2D eigenvalue weighted by atomic mass is 16.3. The van der Waals surface area contributed by atoms with Crippen molar-refractivity contribution in [3.63, 3.8) is 0 Å². The van der Waals surface area contributed by atoms with Crippen molar-refractivity contribution in [2.24, 2.45) is 5.92 Å². The van der Waals surface area contributed by atoms with Crippen molar-refractivity contribution in [2.45, 2.75) is 19.8 Å². The molecule has 1 aliphatic heterocycles. The molecule has 86 valence electrons. The van der Waals surface area contributed by atoms with Gasteiger partial charge >= 0.3 is 0 Å². The van der Waals surface area contributed by atoms with E-state index < -0.39 is 0 Å². The molecule has 4 heteroatoms. The molecule has 16 heavy (non-hydrogen) atoms. The lowest BCUT2D eigenvalue weighted by atomic mass is 10.00. The topological polar surface area (TPSA) is 53.4 Å². The van der Waals surface area contributed by atoms with Gasteiger partial charge < -0.3 is 10.0 Å². The molecule has 1 unspecified atom stereocenters. The summed E-state index contributed by atoms with van der Waals surface area (Å²) < 4.78 is 0. The molecule has 1 aromatic heterocycles. The van der Waals surface area contributed by atoms with Gasteiger partial charge in [0.1, 0.15) is 5.75 Å². The lowest BCUT2D eigenvalue weighted by molar-refractivity contribution is 0.0682. The van der Waals surface area contributed by atoms with E-state index in [0.29, 0.717) is 11.5 Å². The average Bonchev–Trinajstić information content (AvgIpc) is 2.28. The van der Waals surface area contributed by atoms with Crippen LogP contribution >= 0.6 is 0 Å². The molecule has 0 saturated carbocycles. The van der Waals surface area contributed by atoms with Crippen LogP contribution in [0.25, 0.3) is 0 Å². The summed E-state index contributed by atoms with van der Waals surface area (Å²) >= 11 is 0. The number of hydrogen-bond acceptors (Lipinski definition) is 3. The smallest absolute Gasteiger partial charge is 0.255 e. The van der Waals surface area contributed by atoms with Crippen LogP contribution in [0.5, 0.6) is 5.75 Å². The Bertz CT molecular complexity index is 392. The van der Waals surface area contributed by atoms with Crippen LogP contribution in [0.3, 0.4) is 0 Å². The highest BCUT2D eigenvalue weighted by Crippen LogP contribution is 2.18. The Morgan fingerprint density at radius 2 is 2.38 bits per heavy atom. The lowest BCUT2D eigenvalue weighted by Crippen LogP contribution is -2.39. The van der Waals surface area contributed by atoms with E-state index >= 15 is 0 Å². The zero-order chi connectivity index (χ0) is 11.5. The second-order valence-corrected chi connectivity index (χ2v) is 4.43. The van der Waals surface area contributed by atoms with Crippen LogP contribution in [-0.4, -0.2) is 34.0 Å². The molecule has 1 saturated heterocycles. The number of pyridine rings is 1. The standard InChI is InChI=1S/C12H16N2O2/c1-9-3-2-4-14(8-9)12(16)10-5-11(15)7-13-6-10/h5-7,9,15H,2-4,8H2,1H3. The SMILES string of the molecule is CC1CCCN(C(=O)c2cncc(O)c2)C1. The van der Waals surface area contributed by atoms with Crippen LogP contribution in [0.2, 0.25) is 0 Å². The Kier molecular flexibility index (Phi) is 3.08. The van der Waals surface area contributed by atoms with Gasteiger partial charge in [-0.25, -0.2) is 0 Å². The van der Waals surface area contributed by atoms with Crippen molar-refractivity contribution in [3.05, 3.63) is 24.0 Å². The van der Waals surface area contributed by atoms with Gasteiger partial charge in [0.25, 0.3) is 5.91 Å². The van der Waals surface area contributed by atoms with Crippen LogP contribution in [0.4, 0.5) is 0 Å². The third-order valence-electron chi connectivity index (χ3n) is 2.91. The molecule has 1 aliphatic rings. The molecule has 1 fully saturated rings. The zero-order valence-corrected chi connectivity index (χ0v) is 9.39. The minimum atomic E-state index is -0.0325. The van der Waals surface area contributed by atoms with Crippen LogP contribution in [0, 0.1) is 5.92 Å². The molecule has 0 aliphatic carbocycles. The van der Waals surface area contributed by atoms with E-state index in [2.05, 4.69) is 11.9 Å². The first-order valence-corrected chi connectivity index (χ1v) is 5.60. The number of carbonyl (C=O) groups is 1. The summed E-state index contributed by atoms with van der Waals surface area (Å²) in [5.74, 6) is 0.564. The maximum Gasteiger partial charge on any atom is 0.255 e. The van der Waals surface area contributed by atoms with Crippen LogP contribution in [-0.2, 0) is 0 Å². The molecule has 2 rings (SSSR count). The van der Waals surface area contributed by atoms with Gasteiger partial charge in [0, 0.05) is 19.3 Å². The fraction of sp³-hybridized carbons (Fsp3) is 0.500. The third-order valence-corrected chi connectivity index (χ3v) is 2.91. The molecule has 1 aromatic rings. The number of aromatic nitrogens is 1. The number of amides is 1. The molecule has 2 heterocycles. The van der Waals surface area contributed by atoms with Gasteiger partial charge in [-0.3, -0.25) is 9.78 Å². The minimum Gasteiger partial charge on any atom is -0.506 e. The van der Waals surface area contributed by atoms with Crippen molar-refractivity contribution in [1.82, 2.24) is 9.88 Å². The maximum absolute atomic E-state index is 12.1. The van der Waals surface area contributed by atoms with Gasteiger partial charge in [-0.05, 0) is 24.8 Å². The fourth-order valence-electron chi connectivity index (χ4n) is 2.10. The van der Waals surface area contributed by atoms with Crippen molar-refractivity contribution in [1.29, 1.82) is 0 Å². The quantitative estimate of drug-likeness (QED) is 0.783. The number of carbonyl (C=O) groups excluding carboxylic acids is 1. The predicted molar refractivity (Wildman–Crippen MR) is 60.2 cm³/mol. The number of piperidine rings is 1. The van der Waals surface area contributed by atoms with Crippen LogP contribution < -0.4 is 0 Å². The molecule has 1 atom stereocenters. The highest BCUT2D eigenvalue weighted by molar-refractivity contribution is 5.94. The predicted octanol–water partition coefficient (Wildman–Crippen LogP) is 1.66. The van der Waals surface area contributed by atoms with Gasteiger partial charge in [-0.1, -0.05) is 6.92 Å². The van der Waals surface area contributed by atoms with Gasteiger partial charge in [0.05, 0.1) is 11.8 Å². The summed E-state index contributed by atoms with van der Waals surface area (Å²) in [4.78, 5) is 17.7. The molecule has 0 spiro atoms. The first kappa shape index (κ1) is 10.9. The number of rotatable bonds is 1. The van der Waals surface area contributed by atoms with E-state index in [9.17, 15) is 9.90 Å². The van der Waals surface area contributed by atoms with E-state index in [4.69, 9.17) is 0 Å². The van der Waals surface area contributed by atoms with Gasteiger partial charge in [0.15, 0.2) is 0 Å². The second-order valence-electron chi connectivity index (χ2n) is 4.43. The minimum absolute atomic E-state index is 0.0325. The molecular weight excluding hydrogens is 204 g/mol. The Hall–Kier alpha value is -1.58. The zero-order valence-electron chi connectivity index (χ0n) is 9.39. The molecule has 1 N–H and O–H groups in total. The van der Waals surface area contributed by atoms with E-state index in [1.807, 2.05) is 4.90 Å². The summed E-state index contributed by atoms with van der Waals surface area (Å²) in [7, 11) is 0. The molecule has 0 aromatic carbocycles. The van der Waals surface area contributed by atoms with Crippen LogP contribution in [0.15, 0.2) is 18.5 Å².